The summed E-state index contributed by atoms with van der Waals surface area (Å²) in [6.07, 6.45) is 0.809. The van der Waals surface area contributed by atoms with Crippen LogP contribution in [-0.4, -0.2) is 22.4 Å². The highest BCUT2D eigenvalue weighted by Gasteiger charge is 2.17. The van der Waals surface area contributed by atoms with Gasteiger partial charge in [0.05, 0.1) is 18.1 Å². The number of hydrogen-bond acceptors (Lipinski definition) is 5. The third-order valence-corrected chi connectivity index (χ3v) is 3.03. The van der Waals surface area contributed by atoms with Gasteiger partial charge in [-0.2, -0.15) is 10.4 Å². The Morgan fingerprint density at radius 1 is 1.38 bits per heavy atom. The lowest BCUT2D eigenvalue weighted by molar-refractivity contribution is 0.0494. The second kappa shape index (κ2) is 6.66. The van der Waals surface area contributed by atoms with Gasteiger partial charge in [-0.1, -0.05) is 18.2 Å². The van der Waals surface area contributed by atoms with E-state index in [4.69, 9.17) is 10.00 Å². The molecule has 0 saturated heterocycles. The van der Waals surface area contributed by atoms with E-state index in [9.17, 15) is 9.59 Å². The molecule has 0 spiro atoms. The van der Waals surface area contributed by atoms with Gasteiger partial charge in [0.2, 0.25) is 0 Å². The number of esters is 1. The Hall–Kier alpha value is -2.68. The molecule has 108 valence electrons. The van der Waals surface area contributed by atoms with Crippen molar-refractivity contribution in [2.24, 2.45) is 0 Å². The Balaban J connectivity index is 2.39. The van der Waals surface area contributed by atoms with Crippen molar-refractivity contribution in [3.63, 3.8) is 0 Å². The summed E-state index contributed by atoms with van der Waals surface area (Å²) in [6.45, 7) is 2.32. The predicted molar refractivity (Wildman–Crippen MR) is 76.8 cm³/mol. The van der Waals surface area contributed by atoms with Gasteiger partial charge in [0.15, 0.2) is 5.69 Å². The number of aromatic nitrogens is 2. The summed E-state index contributed by atoms with van der Waals surface area (Å²) < 4.78 is 6.35. The molecule has 0 aliphatic carbocycles. The molecule has 0 atom stereocenters. The van der Waals surface area contributed by atoms with Crippen LogP contribution in [0.3, 0.4) is 0 Å². The quantitative estimate of drug-likeness (QED) is 0.618. The zero-order valence-corrected chi connectivity index (χ0v) is 11.7. The standard InChI is InChI=1S/C15H15N3O3/c1-2-18-14(19)12-8-4-3-7-11(12)13(17-18)15(20)21-10-6-5-9-16/h3-4,7-8H,2,5-6,10H2,1H3. The molecule has 21 heavy (non-hydrogen) atoms. The molecule has 6 heteroatoms. The first-order valence-electron chi connectivity index (χ1n) is 6.73. The first kappa shape index (κ1) is 14.7. The van der Waals surface area contributed by atoms with Crippen LogP contribution in [0.25, 0.3) is 10.8 Å². The summed E-state index contributed by atoms with van der Waals surface area (Å²) in [5.74, 6) is -0.577. The summed E-state index contributed by atoms with van der Waals surface area (Å²) in [4.78, 5) is 24.3. The molecule has 0 bridgehead atoms. The fraction of sp³-hybridized carbons (Fsp3) is 0.333. The number of rotatable bonds is 5. The Bertz CT molecular complexity index is 759. The number of benzene rings is 1. The number of unbranched alkanes of at least 4 members (excludes halogenated alkanes) is 1. The maximum Gasteiger partial charge on any atom is 0.359 e. The van der Waals surface area contributed by atoms with Gasteiger partial charge < -0.3 is 4.74 Å². The topological polar surface area (TPSA) is 85.0 Å². The molecule has 1 aromatic carbocycles. The number of aryl methyl sites for hydroxylation is 1. The first-order valence-corrected chi connectivity index (χ1v) is 6.73. The van der Waals surface area contributed by atoms with Crippen molar-refractivity contribution in [2.75, 3.05) is 6.61 Å². The van der Waals surface area contributed by atoms with Crippen molar-refractivity contribution in [3.05, 3.63) is 40.3 Å². The molecular formula is C15H15N3O3. The minimum atomic E-state index is -0.577. The average molecular weight is 285 g/mol. The Morgan fingerprint density at radius 2 is 2.10 bits per heavy atom. The zero-order valence-electron chi connectivity index (χ0n) is 11.7. The maximum absolute atomic E-state index is 12.1. The van der Waals surface area contributed by atoms with Gasteiger partial charge in [0, 0.05) is 18.4 Å². The fourth-order valence-corrected chi connectivity index (χ4v) is 1.98. The third-order valence-electron chi connectivity index (χ3n) is 3.03. The van der Waals surface area contributed by atoms with E-state index < -0.39 is 5.97 Å². The summed E-state index contributed by atoms with van der Waals surface area (Å²) >= 11 is 0. The number of ether oxygens (including phenoxy) is 1. The van der Waals surface area contributed by atoms with Crippen LogP contribution in [0.5, 0.6) is 0 Å². The average Bonchev–Trinajstić information content (AvgIpc) is 2.52. The Kier molecular flexibility index (Phi) is 4.67. The molecule has 0 N–H and O–H groups in total. The van der Waals surface area contributed by atoms with E-state index >= 15 is 0 Å². The molecule has 0 radical (unpaired) electrons. The van der Waals surface area contributed by atoms with Gasteiger partial charge in [-0.15, -0.1) is 0 Å². The highest BCUT2D eigenvalue weighted by Crippen LogP contribution is 2.14. The van der Waals surface area contributed by atoms with Crippen molar-refractivity contribution in [1.82, 2.24) is 9.78 Å². The highest BCUT2D eigenvalue weighted by molar-refractivity contribution is 6.02. The van der Waals surface area contributed by atoms with Gasteiger partial charge in [0.1, 0.15) is 0 Å². The number of nitriles is 1. The minimum Gasteiger partial charge on any atom is -0.461 e. The van der Waals surface area contributed by atoms with E-state index in [-0.39, 0.29) is 17.9 Å². The van der Waals surface area contributed by atoms with Crippen LogP contribution >= 0.6 is 0 Å². The predicted octanol–water partition coefficient (Wildman–Crippen LogP) is 1.88. The molecule has 2 aromatic rings. The summed E-state index contributed by atoms with van der Waals surface area (Å²) in [6, 6.07) is 8.81. The maximum atomic E-state index is 12.1. The molecular weight excluding hydrogens is 270 g/mol. The first-order chi connectivity index (χ1) is 10.2. The second-order valence-corrected chi connectivity index (χ2v) is 4.41. The summed E-state index contributed by atoms with van der Waals surface area (Å²) in [5.41, 5.74) is -0.0989. The number of carbonyl (C=O) groups excluding carboxylic acids is 1. The second-order valence-electron chi connectivity index (χ2n) is 4.41. The molecule has 0 aliphatic rings. The molecule has 1 aromatic heterocycles. The van der Waals surface area contributed by atoms with Crippen LogP contribution in [0, 0.1) is 11.3 Å². The van der Waals surface area contributed by atoms with E-state index in [1.54, 1.807) is 31.2 Å². The van der Waals surface area contributed by atoms with Gasteiger partial charge in [-0.3, -0.25) is 4.79 Å². The lowest BCUT2D eigenvalue weighted by atomic mass is 10.1. The lowest BCUT2D eigenvalue weighted by Crippen LogP contribution is -2.25. The van der Waals surface area contributed by atoms with Crippen molar-refractivity contribution >= 4 is 16.7 Å². The molecule has 0 aliphatic heterocycles. The van der Waals surface area contributed by atoms with Crippen LogP contribution in [-0.2, 0) is 11.3 Å². The molecule has 0 unspecified atom stereocenters. The lowest BCUT2D eigenvalue weighted by Gasteiger charge is -2.09. The normalized spacial score (nSPS) is 10.3. The van der Waals surface area contributed by atoms with Crippen LogP contribution in [0.15, 0.2) is 29.1 Å². The van der Waals surface area contributed by atoms with E-state index in [1.807, 2.05) is 6.07 Å². The zero-order chi connectivity index (χ0) is 15.2. The third kappa shape index (κ3) is 3.08. The largest absolute Gasteiger partial charge is 0.461 e. The monoisotopic (exact) mass is 285 g/mol. The van der Waals surface area contributed by atoms with Crippen molar-refractivity contribution in [3.8, 4) is 6.07 Å². The van der Waals surface area contributed by atoms with E-state index in [0.29, 0.717) is 30.2 Å². The highest BCUT2D eigenvalue weighted by atomic mass is 16.5. The summed E-state index contributed by atoms with van der Waals surface area (Å²) in [7, 11) is 0. The fourth-order valence-electron chi connectivity index (χ4n) is 1.98. The number of fused-ring (bicyclic) bond motifs is 1. The SMILES string of the molecule is CCn1nc(C(=O)OCCCC#N)c2ccccc2c1=O. The number of carbonyl (C=O) groups is 1. The van der Waals surface area contributed by atoms with Crippen molar-refractivity contribution in [1.29, 1.82) is 5.26 Å². The number of nitrogens with zero attached hydrogens (tertiary/aromatic N) is 3. The molecule has 1 heterocycles. The van der Waals surface area contributed by atoms with Crippen molar-refractivity contribution < 1.29 is 9.53 Å². The molecule has 0 amide bonds. The van der Waals surface area contributed by atoms with Crippen LogP contribution in [0.4, 0.5) is 0 Å². The minimum absolute atomic E-state index is 0.129. The van der Waals surface area contributed by atoms with Crippen LogP contribution in [0.2, 0.25) is 0 Å². The summed E-state index contributed by atoms with van der Waals surface area (Å²) in [5, 5.41) is 13.5. The Labute approximate surface area is 121 Å². The molecule has 6 nitrogen and oxygen atoms in total. The van der Waals surface area contributed by atoms with Crippen molar-refractivity contribution in [2.45, 2.75) is 26.3 Å². The van der Waals surface area contributed by atoms with Crippen LogP contribution < -0.4 is 5.56 Å². The van der Waals surface area contributed by atoms with Gasteiger partial charge >= 0.3 is 5.97 Å². The van der Waals surface area contributed by atoms with Gasteiger partial charge in [-0.25, -0.2) is 9.48 Å². The van der Waals surface area contributed by atoms with Gasteiger partial charge in [0.25, 0.3) is 5.56 Å². The molecule has 0 saturated carbocycles. The molecule has 0 fully saturated rings. The molecule has 2 rings (SSSR count). The van der Waals surface area contributed by atoms with E-state index in [2.05, 4.69) is 5.10 Å². The van der Waals surface area contributed by atoms with E-state index in [1.165, 1.54) is 4.68 Å². The van der Waals surface area contributed by atoms with E-state index in [0.717, 1.165) is 0 Å². The smallest absolute Gasteiger partial charge is 0.359 e. The Morgan fingerprint density at radius 3 is 2.76 bits per heavy atom. The number of hydrogen-bond donors (Lipinski definition) is 0. The van der Waals surface area contributed by atoms with Gasteiger partial charge in [-0.05, 0) is 19.4 Å². The van der Waals surface area contributed by atoms with Crippen LogP contribution in [0.1, 0.15) is 30.3 Å².